The average Bonchev–Trinajstić information content (AvgIpc) is 2.68. The molecule has 0 bridgehead atoms. The van der Waals surface area contributed by atoms with Gasteiger partial charge in [0.1, 0.15) is 11.5 Å². The number of nitrogens with zero attached hydrogens (tertiary/aromatic N) is 2. The molecule has 2 heterocycles. The summed E-state index contributed by atoms with van der Waals surface area (Å²) in [6, 6.07) is 6.33. The van der Waals surface area contributed by atoms with Gasteiger partial charge in [-0.3, -0.25) is 0 Å². The smallest absolute Gasteiger partial charge is 0.124 e. The zero-order valence-corrected chi connectivity index (χ0v) is 16.5. The molecule has 0 amide bonds. The summed E-state index contributed by atoms with van der Waals surface area (Å²) in [4.78, 5) is 5.07. The number of ether oxygens (including phenoxy) is 2. The number of hydrogen-bond acceptors (Lipinski definition) is 5. The summed E-state index contributed by atoms with van der Waals surface area (Å²) < 4.78 is 10.7. The minimum atomic E-state index is -0.563. The van der Waals surface area contributed by atoms with Crippen molar-refractivity contribution in [2.45, 2.75) is 44.8 Å². The molecule has 2 fully saturated rings. The van der Waals surface area contributed by atoms with Crippen molar-refractivity contribution in [3.8, 4) is 11.5 Å². The highest BCUT2D eigenvalue weighted by Crippen LogP contribution is 2.31. The molecule has 2 saturated heterocycles. The molecule has 26 heavy (non-hydrogen) atoms. The maximum absolute atomic E-state index is 10.8. The third kappa shape index (κ3) is 4.70. The predicted molar refractivity (Wildman–Crippen MR) is 104 cm³/mol. The Morgan fingerprint density at radius 2 is 1.73 bits per heavy atom. The van der Waals surface area contributed by atoms with Crippen LogP contribution in [0.25, 0.3) is 0 Å². The van der Waals surface area contributed by atoms with Crippen molar-refractivity contribution in [3.05, 3.63) is 23.8 Å². The van der Waals surface area contributed by atoms with Crippen molar-refractivity contribution in [1.29, 1.82) is 0 Å². The standard InChI is InChI=1S/C21H34N2O3/c1-16-6-12-23(13-7-16)17-8-10-22(11-9-17)15-20(24)19-14-18(25-2)4-5-21(19)26-3/h4-5,14,16-17,20,24H,6-13,15H2,1-3H3/t20-/m0/s1. The van der Waals surface area contributed by atoms with Crippen LogP contribution in [0.4, 0.5) is 0 Å². The SMILES string of the molecule is COc1ccc(OC)c([C@@H](O)CN2CCC(N3CCC(C)CC3)CC2)c1. The summed E-state index contributed by atoms with van der Waals surface area (Å²) in [5, 5.41) is 10.8. The Balaban J connectivity index is 1.53. The normalized spacial score (nSPS) is 22.3. The first kappa shape index (κ1) is 19.5. The first-order valence-electron chi connectivity index (χ1n) is 9.97. The second-order valence-electron chi connectivity index (χ2n) is 7.87. The van der Waals surface area contributed by atoms with E-state index in [-0.39, 0.29) is 0 Å². The lowest BCUT2D eigenvalue weighted by atomic mass is 9.94. The number of aliphatic hydroxyl groups excluding tert-OH is 1. The van der Waals surface area contributed by atoms with Crippen molar-refractivity contribution >= 4 is 0 Å². The van der Waals surface area contributed by atoms with Crippen LogP contribution in [0.3, 0.4) is 0 Å². The van der Waals surface area contributed by atoms with Crippen LogP contribution in [0.1, 0.15) is 44.3 Å². The van der Waals surface area contributed by atoms with E-state index in [4.69, 9.17) is 9.47 Å². The topological polar surface area (TPSA) is 45.2 Å². The van der Waals surface area contributed by atoms with E-state index >= 15 is 0 Å². The van der Waals surface area contributed by atoms with Gasteiger partial charge in [-0.05, 0) is 76.0 Å². The van der Waals surface area contributed by atoms with Gasteiger partial charge in [0.15, 0.2) is 0 Å². The van der Waals surface area contributed by atoms with Gasteiger partial charge < -0.3 is 24.4 Å². The van der Waals surface area contributed by atoms with Gasteiger partial charge in [-0.1, -0.05) is 6.92 Å². The lowest BCUT2D eigenvalue weighted by Crippen LogP contribution is -2.48. The van der Waals surface area contributed by atoms with Crippen LogP contribution in [0.5, 0.6) is 11.5 Å². The van der Waals surface area contributed by atoms with E-state index in [0.717, 1.165) is 42.1 Å². The van der Waals surface area contributed by atoms with Crippen LogP contribution in [-0.2, 0) is 0 Å². The highest BCUT2D eigenvalue weighted by Gasteiger charge is 2.28. The predicted octanol–water partition coefficient (Wildman–Crippen LogP) is 2.93. The minimum Gasteiger partial charge on any atom is -0.497 e. The fourth-order valence-electron chi connectivity index (χ4n) is 4.30. The second kappa shape index (κ2) is 9.07. The number of aliphatic hydroxyl groups is 1. The van der Waals surface area contributed by atoms with Crippen molar-refractivity contribution in [1.82, 2.24) is 9.80 Å². The molecule has 2 aliphatic heterocycles. The maximum Gasteiger partial charge on any atom is 0.124 e. The second-order valence-corrected chi connectivity index (χ2v) is 7.87. The minimum absolute atomic E-state index is 0.563. The Kier molecular flexibility index (Phi) is 6.79. The van der Waals surface area contributed by atoms with Gasteiger partial charge in [-0.2, -0.15) is 0 Å². The zero-order chi connectivity index (χ0) is 18.5. The third-order valence-electron chi connectivity index (χ3n) is 6.12. The van der Waals surface area contributed by atoms with Gasteiger partial charge in [0.05, 0.1) is 20.3 Å². The van der Waals surface area contributed by atoms with Gasteiger partial charge in [0.2, 0.25) is 0 Å². The van der Waals surface area contributed by atoms with Crippen LogP contribution >= 0.6 is 0 Å². The molecule has 1 N–H and O–H groups in total. The van der Waals surface area contributed by atoms with Crippen LogP contribution in [-0.4, -0.2) is 67.9 Å². The highest BCUT2D eigenvalue weighted by atomic mass is 16.5. The molecule has 2 aliphatic rings. The molecular weight excluding hydrogens is 328 g/mol. The average molecular weight is 363 g/mol. The Labute approximate surface area is 157 Å². The van der Waals surface area contributed by atoms with E-state index in [1.165, 1.54) is 38.8 Å². The third-order valence-corrected chi connectivity index (χ3v) is 6.12. The molecule has 1 atom stereocenters. The lowest BCUT2D eigenvalue weighted by molar-refractivity contribution is 0.0535. The molecule has 146 valence electrons. The summed E-state index contributed by atoms with van der Waals surface area (Å²) in [6.07, 6.45) is 4.53. The van der Waals surface area contributed by atoms with Crippen molar-refractivity contribution in [2.24, 2.45) is 5.92 Å². The molecular formula is C21H34N2O3. The monoisotopic (exact) mass is 362 g/mol. The molecule has 1 aromatic carbocycles. The number of benzene rings is 1. The molecule has 1 aromatic rings. The van der Waals surface area contributed by atoms with Gasteiger partial charge >= 0.3 is 0 Å². The van der Waals surface area contributed by atoms with Crippen molar-refractivity contribution < 1.29 is 14.6 Å². The first-order chi connectivity index (χ1) is 12.6. The fourth-order valence-corrected chi connectivity index (χ4v) is 4.30. The van der Waals surface area contributed by atoms with Crippen molar-refractivity contribution in [3.63, 3.8) is 0 Å². The van der Waals surface area contributed by atoms with E-state index in [9.17, 15) is 5.11 Å². The number of rotatable bonds is 6. The number of β-amino-alcohol motifs (C(OH)–C–C–N with tert-alkyl or cyclic N) is 1. The Bertz CT molecular complexity index is 564. The molecule has 0 aromatic heterocycles. The number of methoxy groups -OCH3 is 2. The summed E-state index contributed by atoms with van der Waals surface area (Å²) in [5.74, 6) is 2.35. The van der Waals surface area contributed by atoms with Gasteiger partial charge in [0, 0.05) is 18.2 Å². The number of hydrogen-bond donors (Lipinski definition) is 1. The Morgan fingerprint density at radius 1 is 1.04 bits per heavy atom. The molecule has 5 nitrogen and oxygen atoms in total. The maximum atomic E-state index is 10.8. The largest absolute Gasteiger partial charge is 0.497 e. The van der Waals surface area contributed by atoms with Crippen LogP contribution < -0.4 is 9.47 Å². The molecule has 0 radical (unpaired) electrons. The van der Waals surface area contributed by atoms with Crippen LogP contribution in [0.15, 0.2) is 18.2 Å². The molecule has 5 heteroatoms. The lowest BCUT2D eigenvalue weighted by Gasteiger charge is -2.41. The van der Waals surface area contributed by atoms with E-state index in [2.05, 4.69) is 16.7 Å². The quantitative estimate of drug-likeness (QED) is 0.843. The number of piperidine rings is 2. The van der Waals surface area contributed by atoms with E-state index in [1.54, 1.807) is 14.2 Å². The van der Waals surface area contributed by atoms with Crippen LogP contribution in [0.2, 0.25) is 0 Å². The van der Waals surface area contributed by atoms with Crippen molar-refractivity contribution in [2.75, 3.05) is 46.9 Å². The van der Waals surface area contributed by atoms with Gasteiger partial charge in [-0.25, -0.2) is 0 Å². The van der Waals surface area contributed by atoms with E-state index in [0.29, 0.717) is 6.54 Å². The molecule has 0 saturated carbocycles. The molecule has 3 rings (SSSR count). The summed E-state index contributed by atoms with van der Waals surface area (Å²) in [5.41, 5.74) is 0.805. The summed E-state index contributed by atoms with van der Waals surface area (Å²) in [6.45, 7) is 7.65. The highest BCUT2D eigenvalue weighted by molar-refractivity contribution is 5.41. The summed E-state index contributed by atoms with van der Waals surface area (Å²) >= 11 is 0. The Morgan fingerprint density at radius 3 is 2.35 bits per heavy atom. The van der Waals surface area contributed by atoms with E-state index in [1.807, 2.05) is 18.2 Å². The van der Waals surface area contributed by atoms with Crippen LogP contribution in [0, 0.1) is 5.92 Å². The van der Waals surface area contributed by atoms with E-state index < -0.39 is 6.10 Å². The van der Waals surface area contributed by atoms with Gasteiger partial charge in [0.25, 0.3) is 0 Å². The molecule has 0 spiro atoms. The summed E-state index contributed by atoms with van der Waals surface area (Å²) in [7, 11) is 3.28. The molecule has 0 unspecified atom stereocenters. The Hall–Kier alpha value is -1.30. The first-order valence-corrected chi connectivity index (χ1v) is 9.97. The van der Waals surface area contributed by atoms with Gasteiger partial charge in [-0.15, -0.1) is 0 Å². The zero-order valence-electron chi connectivity index (χ0n) is 16.5. The molecule has 0 aliphatic carbocycles. The fraction of sp³-hybridized carbons (Fsp3) is 0.714. The number of likely N-dealkylation sites (tertiary alicyclic amines) is 2.